The lowest BCUT2D eigenvalue weighted by Crippen LogP contribution is -2.25. The minimum Gasteiger partial charge on any atom is -0.441 e. The minimum absolute atomic E-state index is 0.511. The highest BCUT2D eigenvalue weighted by atomic mass is 16.3. The summed E-state index contributed by atoms with van der Waals surface area (Å²) in [7, 11) is 2.04. The molecule has 1 aromatic carbocycles. The Kier molecular flexibility index (Phi) is 4.34. The second-order valence-electron chi connectivity index (χ2n) is 7.08. The van der Waals surface area contributed by atoms with Gasteiger partial charge in [-0.05, 0) is 58.3 Å². The van der Waals surface area contributed by atoms with Gasteiger partial charge in [-0.25, -0.2) is 4.98 Å². The Morgan fingerprint density at radius 1 is 1.24 bits per heavy atom. The van der Waals surface area contributed by atoms with Gasteiger partial charge >= 0.3 is 0 Å². The van der Waals surface area contributed by atoms with Crippen LogP contribution in [-0.4, -0.2) is 32.8 Å². The van der Waals surface area contributed by atoms with E-state index in [4.69, 9.17) is 4.42 Å². The summed E-state index contributed by atoms with van der Waals surface area (Å²) in [6, 6.07) is 8.49. The lowest BCUT2D eigenvalue weighted by molar-refractivity contribution is 0.250. The highest BCUT2D eigenvalue weighted by molar-refractivity contribution is 5.72. The van der Waals surface area contributed by atoms with Crippen molar-refractivity contribution in [3.8, 4) is 0 Å². The van der Waals surface area contributed by atoms with Gasteiger partial charge in [0.25, 0.3) is 0 Å². The van der Waals surface area contributed by atoms with Crippen LogP contribution in [0.5, 0.6) is 0 Å². The van der Waals surface area contributed by atoms with E-state index in [0.717, 1.165) is 36.4 Å². The Hall–Kier alpha value is -2.14. The van der Waals surface area contributed by atoms with Crippen LogP contribution in [-0.2, 0) is 13.5 Å². The molecule has 5 heteroatoms. The van der Waals surface area contributed by atoms with Crippen molar-refractivity contribution in [3.05, 3.63) is 47.1 Å². The topological polar surface area (TPSA) is 47.1 Å². The average Bonchev–Trinajstić information content (AvgIpc) is 3.26. The molecule has 0 saturated carbocycles. The molecular weight excluding hydrogens is 312 g/mol. The number of para-hydroxylation sites is 2. The van der Waals surface area contributed by atoms with Crippen LogP contribution in [0.15, 0.2) is 28.7 Å². The van der Waals surface area contributed by atoms with Crippen LogP contribution in [0, 0.1) is 13.8 Å². The molecule has 3 heterocycles. The molecule has 1 unspecified atom stereocenters. The smallest absolute Gasteiger partial charge is 0.195 e. The summed E-state index contributed by atoms with van der Waals surface area (Å²) in [4.78, 5) is 7.20. The maximum atomic E-state index is 5.84. The van der Waals surface area contributed by atoms with E-state index in [1.54, 1.807) is 0 Å². The molecule has 1 fully saturated rings. The summed E-state index contributed by atoms with van der Waals surface area (Å²) in [5.74, 6) is 0.852. The van der Waals surface area contributed by atoms with E-state index in [1.807, 2.05) is 36.0 Å². The molecule has 1 atom stereocenters. The summed E-state index contributed by atoms with van der Waals surface area (Å²) in [5, 5.41) is 4.61. The zero-order valence-corrected chi connectivity index (χ0v) is 15.3. The molecular formula is C20H26N4O. The first-order valence-electron chi connectivity index (χ1n) is 9.22. The van der Waals surface area contributed by atoms with Gasteiger partial charge in [0.2, 0.25) is 0 Å². The Bertz CT molecular complexity index is 846. The fourth-order valence-corrected chi connectivity index (χ4v) is 4.15. The number of likely N-dealkylation sites (tertiary alicyclic amines) is 1. The highest BCUT2D eigenvalue weighted by Crippen LogP contribution is 2.35. The van der Waals surface area contributed by atoms with Crippen molar-refractivity contribution in [2.75, 3.05) is 13.1 Å². The van der Waals surface area contributed by atoms with Crippen molar-refractivity contribution in [3.63, 3.8) is 0 Å². The number of oxazole rings is 1. The lowest BCUT2D eigenvalue weighted by Gasteiger charge is -2.24. The molecule has 1 saturated heterocycles. The predicted molar refractivity (Wildman–Crippen MR) is 98.6 cm³/mol. The molecule has 1 aliphatic rings. The molecule has 0 radical (unpaired) electrons. The van der Waals surface area contributed by atoms with Crippen molar-refractivity contribution in [1.29, 1.82) is 0 Å². The van der Waals surface area contributed by atoms with Gasteiger partial charge in [0, 0.05) is 30.8 Å². The lowest BCUT2D eigenvalue weighted by atomic mass is 10.0. The van der Waals surface area contributed by atoms with E-state index in [1.165, 1.54) is 36.3 Å². The van der Waals surface area contributed by atoms with Gasteiger partial charge in [-0.15, -0.1) is 0 Å². The number of fused-ring (bicyclic) bond motifs is 1. The molecule has 4 rings (SSSR count). The first-order valence-corrected chi connectivity index (χ1v) is 9.22. The summed E-state index contributed by atoms with van der Waals surface area (Å²) in [5.41, 5.74) is 5.75. The van der Waals surface area contributed by atoms with E-state index in [2.05, 4.69) is 28.8 Å². The van der Waals surface area contributed by atoms with Gasteiger partial charge in [-0.1, -0.05) is 12.1 Å². The standard InChI is InChI=1S/C20H26N4O/c1-14-20(15(2)23(3)22-14)17-9-6-12-24(17)13-7-11-19-21-16-8-4-5-10-18(16)25-19/h4-5,8,10,17H,6-7,9,11-13H2,1-3H3. The maximum absolute atomic E-state index is 5.84. The molecule has 25 heavy (non-hydrogen) atoms. The maximum Gasteiger partial charge on any atom is 0.195 e. The fraction of sp³-hybridized carbons (Fsp3) is 0.500. The zero-order valence-electron chi connectivity index (χ0n) is 15.3. The van der Waals surface area contributed by atoms with Crippen LogP contribution >= 0.6 is 0 Å². The summed E-state index contributed by atoms with van der Waals surface area (Å²) in [6.45, 7) is 6.57. The molecule has 0 aliphatic carbocycles. The van der Waals surface area contributed by atoms with Gasteiger partial charge in [0.05, 0.1) is 5.69 Å². The van der Waals surface area contributed by atoms with E-state index in [0.29, 0.717) is 6.04 Å². The van der Waals surface area contributed by atoms with Gasteiger partial charge < -0.3 is 4.42 Å². The first kappa shape index (κ1) is 16.3. The number of aryl methyl sites for hydroxylation is 3. The van der Waals surface area contributed by atoms with Gasteiger partial charge in [0.1, 0.15) is 5.52 Å². The molecule has 0 spiro atoms. The van der Waals surface area contributed by atoms with E-state index in [9.17, 15) is 0 Å². The number of hydrogen-bond acceptors (Lipinski definition) is 4. The van der Waals surface area contributed by atoms with Crippen LogP contribution < -0.4 is 0 Å². The van der Waals surface area contributed by atoms with Crippen LogP contribution in [0.3, 0.4) is 0 Å². The molecule has 0 N–H and O–H groups in total. The second kappa shape index (κ2) is 6.64. The minimum atomic E-state index is 0.511. The number of nitrogens with zero attached hydrogens (tertiary/aromatic N) is 4. The third-order valence-electron chi connectivity index (χ3n) is 5.44. The third kappa shape index (κ3) is 3.09. The normalized spacial score (nSPS) is 18.4. The molecule has 5 nitrogen and oxygen atoms in total. The summed E-state index contributed by atoms with van der Waals surface area (Å²) < 4.78 is 7.86. The SMILES string of the molecule is Cc1nn(C)c(C)c1C1CCCN1CCCc1nc2ccccc2o1. The van der Waals surface area contributed by atoms with Gasteiger partial charge in [0.15, 0.2) is 11.5 Å². The fourth-order valence-electron chi connectivity index (χ4n) is 4.15. The number of hydrogen-bond donors (Lipinski definition) is 0. The quantitative estimate of drug-likeness (QED) is 0.707. The average molecular weight is 338 g/mol. The van der Waals surface area contributed by atoms with E-state index >= 15 is 0 Å². The molecule has 0 amide bonds. The van der Waals surface area contributed by atoms with Crippen molar-refractivity contribution < 1.29 is 4.42 Å². The predicted octanol–water partition coefficient (Wildman–Crippen LogP) is 3.95. The Balaban J connectivity index is 1.41. The van der Waals surface area contributed by atoms with E-state index in [-0.39, 0.29) is 0 Å². The number of benzene rings is 1. The van der Waals surface area contributed by atoms with Crippen molar-refractivity contribution >= 4 is 11.1 Å². The van der Waals surface area contributed by atoms with Crippen molar-refractivity contribution in [2.24, 2.45) is 7.05 Å². The first-order chi connectivity index (χ1) is 12.1. The molecule has 0 bridgehead atoms. The monoisotopic (exact) mass is 338 g/mol. The van der Waals surface area contributed by atoms with E-state index < -0.39 is 0 Å². The van der Waals surface area contributed by atoms with Crippen LogP contribution in [0.1, 0.15) is 48.1 Å². The van der Waals surface area contributed by atoms with Gasteiger partial charge in [-0.3, -0.25) is 9.58 Å². The van der Waals surface area contributed by atoms with Crippen LogP contribution in [0.25, 0.3) is 11.1 Å². The number of rotatable bonds is 5. The largest absolute Gasteiger partial charge is 0.441 e. The molecule has 2 aromatic heterocycles. The Morgan fingerprint density at radius 3 is 2.84 bits per heavy atom. The van der Waals surface area contributed by atoms with Crippen molar-refractivity contribution in [1.82, 2.24) is 19.7 Å². The number of aromatic nitrogens is 3. The third-order valence-corrected chi connectivity index (χ3v) is 5.44. The second-order valence-corrected chi connectivity index (χ2v) is 7.08. The van der Waals surface area contributed by atoms with Crippen LogP contribution in [0.4, 0.5) is 0 Å². The Labute approximate surface area is 148 Å². The Morgan fingerprint density at radius 2 is 2.08 bits per heavy atom. The van der Waals surface area contributed by atoms with Crippen molar-refractivity contribution in [2.45, 2.75) is 45.6 Å². The molecule has 132 valence electrons. The summed E-state index contributed by atoms with van der Waals surface area (Å²) >= 11 is 0. The molecule has 1 aliphatic heterocycles. The zero-order chi connectivity index (χ0) is 17.4. The van der Waals surface area contributed by atoms with Crippen LogP contribution in [0.2, 0.25) is 0 Å². The highest BCUT2D eigenvalue weighted by Gasteiger charge is 2.29. The molecule has 3 aromatic rings. The summed E-state index contributed by atoms with van der Waals surface area (Å²) in [6.07, 6.45) is 4.46. The van der Waals surface area contributed by atoms with Gasteiger partial charge in [-0.2, -0.15) is 5.10 Å².